The van der Waals surface area contributed by atoms with Crippen LogP contribution in [0.1, 0.15) is 0 Å². The van der Waals surface area contributed by atoms with E-state index < -0.39 is 0 Å². The van der Waals surface area contributed by atoms with Gasteiger partial charge < -0.3 is 0 Å². The van der Waals surface area contributed by atoms with Crippen molar-refractivity contribution in [2.75, 3.05) is 0 Å². The Morgan fingerprint density at radius 1 is 1.24 bits per heavy atom. The van der Waals surface area contributed by atoms with Gasteiger partial charge in [0.15, 0.2) is 9.92 Å². The summed E-state index contributed by atoms with van der Waals surface area (Å²) >= 11 is 11.3. The molecule has 17 heavy (non-hydrogen) atoms. The molecule has 2 heterocycles. The summed E-state index contributed by atoms with van der Waals surface area (Å²) in [4.78, 5) is 4.32. The van der Waals surface area contributed by atoms with Crippen molar-refractivity contribution < 1.29 is 0 Å². The number of imidazole rings is 1. The van der Waals surface area contributed by atoms with E-state index in [4.69, 9.17) is 23.8 Å². The van der Waals surface area contributed by atoms with E-state index in [1.54, 1.807) is 10.6 Å². The van der Waals surface area contributed by atoms with E-state index in [1.807, 2.05) is 30.3 Å². The molecule has 0 saturated carbocycles. The van der Waals surface area contributed by atoms with Crippen LogP contribution < -0.4 is 0 Å². The van der Waals surface area contributed by atoms with Crippen molar-refractivity contribution in [3.8, 4) is 11.4 Å². The number of halogens is 1. The molecule has 0 amide bonds. The van der Waals surface area contributed by atoms with Crippen molar-refractivity contribution in [2.24, 2.45) is 0 Å². The van der Waals surface area contributed by atoms with Crippen LogP contribution in [0.5, 0.6) is 0 Å². The summed E-state index contributed by atoms with van der Waals surface area (Å²) in [6.07, 6.45) is 1.61. The minimum absolute atomic E-state index is 0.399. The molecule has 3 aromatic rings. The highest BCUT2D eigenvalue weighted by atomic mass is 35.5. The molecule has 4 nitrogen and oxygen atoms in total. The lowest BCUT2D eigenvalue weighted by molar-refractivity contribution is 0.927. The number of aromatic nitrogens is 4. The molecule has 0 aliphatic heterocycles. The maximum Gasteiger partial charge on any atom is 0.200 e. The van der Waals surface area contributed by atoms with E-state index in [2.05, 4.69) is 15.2 Å². The zero-order valence-corrected chi connectivity index (χ0v) is 10.2. The number of hydrogen-bond acceptors (Lipinski definition) is 3. The molecule has 0 atom stereocenters. The Kier molecular flexibility index (Phi) is 2.42. The first-order chi connectivity index (χ1) is 8.27. The Morgan fingerprint density at radius 2 is 2.00 bits per heavy atom. The van der Waals surface area contributed by atoms with Gasteiger partial charge in [-0.3, -0.25) is 9.50 Å². The fraction of sp³-hybridized carbons (Fsp3) is 0. The van der Waals surface area contributed by atoms with Gasteiger partial charge in [-0.05, 0) is 12.2 Å². The molecule has 3 rings (SSSR count). The average molecular weight is 263 g/mol. The lowest BCUT2D eigenvalue weighted by Gasteiger charge is -2.00. The molecule has 0 radical (unpaired) electrons. The van der Waals surface area contributed by atoms with E-state index >= 15 is 0 Å². The average Bonchev–Trinajstić information content (AvgIpc) is 2.70. The van der Waals surface area contributed by atoms with E-state index in [1.165, 1.54) is 0 Å². The molecule has 0 bridgehead atoms. The second kappa shape index (κ2) is 3.94. The highest BCUT2D eigenvalue weighted by Gasteiger charge is 2.11. The van der Waals surface area contributed by atoms with E-state index in [9.17, 15) is 0 Å². The number of nitrogens with zero attached hydrogens (tertiary/aromatic N) is 3. The molecule has 1 aromatic carbocycles. The van der Waals surface area contributed by atoms with Crippen LogP contribution in [0.2, 0.25) is 5.15 Å². The molecule has 0 aliphatic carbocycles. The van der Waals surface area contributed by atoms with Crippen molar-refractivity contribution >= 4 is 29.3 Å². The van der Waals surface area contributed by atoms with Crippen LogP contribution in [0.4, 0.5) is 0 Å². The Morgan fingerprint density at radius 3 is 2.76 bits per heavy atom. The van der Waals surface area contributed by atoms with Gasteiger partial charge >= 0.3 is 0 Å². The summed E-state index contributed by atoms with van der Waals surface area (Å²) in [6.45, 7) is 0. The Bertz CT molecular complexity index is 732. The highest BCUT2D eigenvalue weighted by Crippen LogP contribution is 2.24. The number of fused-ring (bicyclic) bond motifs is 1. The van der Waals surface area contributed by atoms with E-state index in [0.29, 0.717) is 21.3 Å². The maximum atomic E-state index is 6.07. The van der Waals surface area contributed by atoms with Crippen molar-refractivity contribution in [1.29, 1.82) is 0 Å². The fourth-order valence-corrected chi connectivity index (χ4v) is 2.15. The van der Waals surface area contributed by atoms with Crippen LogP contribution in [0.3, 0.4) is 0 Å². The van der Waals surface area contributed by atoms with Gasteiger partial charge in [-0.2, -0.15) is 5.10 Å². The van der Waals surface area contributed by atoms with Gasteiger partial charge in [-0.1, -0.05) is 41.9 Å². The van der Waals surface area contributed by atoms with Gasteiger partial charge in [0.1, 0.15) is 11.3 Å². The van der Waals surface area contributed by atoms with E-state index in [0.717, 1.165) is 5.56 Å². The zero-order chi connectivity index (χ0) is 11.8. The largest absolute Gasteiger partial charge is 0.265 e. The zero-order valence-electron chi connectivity index (χ0n) is 8.59. The van der Waals surface area contributed by atoms with Crippen LogP contribution in [-0.4, -0.2) is 19.6 Å². The standard InChI is InChI=1S/C11H7ClN4S/c12-9-8-6-13-15-11(17)16(8)10(14-9)7-4-2-1-3-5-7/h1-6H,(H,15,17). The summed E-state index contributed by atoms with van der Waals surface area (Å²) in [5.41, 5.74) is 1.66. The molecular formula is C11H7ClN4S. The van der Waals surface area contributed by atoms with Crippen LogP contribution >= 0.6 is 23.8 Å². The van der Waals surface area contributed by atoms with Gasteiger partial charge in [-0.15, -0.1) is 0 Å². The Hall–Kier alpha value is -1.72. The molecule has 0 fully saturated rings. The quantitative estimate of drug-likeness (QED) is 0.686. The number of H-pyrrole nitrogens is 1. The molecule has 0 saturated heterocycles. The lowest BCUT2D eigenvalue weighted by Crippen LogP contribution is -1.95. The van der Waals surface area contributed by atoms with Gasteiger partial charge in [0.05, 0.1) is 6.20 Å². The third-order valence-corrected chi connectivity index (χ3v) is 3.00. The summed E-state index contributed by atoms with van der Waals surface area (Å²) in [7, 11) is 0. The molecule has 2 aromatic heterocycles. The third kappa shape index (κ3) is 1.64. The second-order valence-electron chi connectivity index (χ2n) is 3.49. The minimum Gasteiger partial charge on any atom is -0.265 e. The Balaban J connectivity index is 2.43. The van der Waals surface area contributed by atoms with Gasteiger partial charge in [0.25, 0.3) is 0 Å². The molecule has 6 heteroatoms. The first kappa shape index (κ1) is 10.4. The van der Waals surface area contributed by atoms with Crippen LogP contribution in [0.25, 0.3) is 16.9 Å². The summed E-state index contributed by atoms with van der Waals surface area (Å²) in [6, 6.07) is 9.75. The lowest BCUT2D eigenvalue weighted by atomic mass is 10.2. The number of hydrogen-bond donors (Lipinski definition) is 1. The number of nitrogens with one attached hydrogen (secondary N) is 1. The number of rotatable bonds is 1. The summed E-state index contributed by atoms with van der Waals surface area (Å²) < 4.78 is 2.25. The van der Waals surface area contributed by atoms with Crippen molar-refractivity contribution in [2.45, 2.75) is 0 Å². The van der Waals surface area contributed by atoms with Crippen LogP contribution in [-0.2, 0) is 0 Å². The molecular weight excluding hydrogens is 256 g/mol. The van der Waals surface area contributed by atoms with Gasteiger partial charge in [0.2, 0.25) is 0 Å². The summed E-state index contributed by atoms with van der Waals surface area (Å²) in [5, 5.41) is 7.03. The molecule has 0 aliphatic rings. The third-order valence-electron chi connectivity index (χ3n) is 2.45. The normalized spacial score (nSPS) is 10.9. The smallest absolute Gasteiger partial charge is 0.200 e. The first-order valence-corrected chi connectivity index (χ1v) is 5.73. The van der Waals surface area contributed by atoms with E-state index in [-0.39, 0.29) is 0 Å². The minimum atomic E-state index is 0.399. The Labute approximate surface area is 107 Å². The molecule has 0 spiro atoms. The topological polar surface area (TPSA) is 46.0 Å². The highest BCUT2D eigenvalue weighted by molar-refractivity contribution is 7.71. The second-order valence-corrected chi connectivity index (χ2v) is 4.23. The number of benzene rings is 1. The van der Waals surface area contributed by atoms with Gasteiger partial charge in [0, 0.05) is 5.56 Å². The summed E-state index contributed by atoms with van der Waals surface area (Å²) in [5.74, 6) is 0.717. The van der Waals surface area contributed by atoms with Gasteiger partial charge in [-0.25, -0.2) is 4.98 Å². The molecule has 84 valence electrons. The monoisotopic (exact) mass is 262 g/mol. The fourth-order valence-electron chi connectivity index (χ4n) is 1.70. The predicted octanol–water partition coefficient (Wildman–Crippen LogP) is 3.11. The maximum absolute atomic E-state index is 6.07. The predicted molar refractivity (Wildman–Crippen MR) is 68.6 cm³/mol. The van der Waals surface area contributed by atoms with Crippen molar-refractivity contribution in [3.63, 3.8) is 0 Å². The first-order valence-electron chi connectivity index (χ1n) is 4.94. The molecule has 0 unspecified atom stereocenters. The number of aromatic amines is 1. The van der Waals surface area contributed by atoms with Crippen LogP contribution in [0.15, 0.2) is 36.5 Å². The van der Waals surface area contributed by atoms with Crippen molar-refractivity contribution in [3.05, 3.63) is 46.5 Å². The van der Waals surface area contributed by atoms with Crippen LogP contribution in [0, 0.1) is 4.77 Å². The molecule has 1 N–H and O–H groups in total. The SMILES string of the molecule is S=c1[nH]ncc2c(Cl)nc(-c3ccccc3)n12. The van der Waals surface area contributed by atoms with Crippen molar-refractivity contribution in [1.82, 2.24) is 19.6 Å².